The summed E-state index contributed by atoms with van der Waals surface area (Å²) in [5.41, 5.74) is 7.52. The van der Waals surface area contributed by atoms with Crippen molar-refractivity contribution in [2.24, 2.45) is 0 Å². The van der Waals surface area contributed by atoms with E-state index in [1.807, 2.05) is 0 Å². The Balaban J connectivity index is 1.50. The van der Waals surface area contributed by atoms with Gasteiger partial charge in [-0.15, -0.1) is 0 Å². The molecule has 33 heavy (non-hydrogen) atoms. The number of halogens is 1. The fourth-order valence-electron chi connectivity index (χ4n) is 4.00. The van der Waals surface area contributed by atoms with Gasteiger partial charge in [0, 0.05) is 18.1 Å². The molecule has 0 unspecified atom stereocenters. The zero-order chi connectivity index (χ0) is 23.1. The number of hydrogen-bond donors (Lipinski definition) is 2. The number of oxazole rings is 1. The highest BCUT2D eigenvalue weighted by Gasteiger charge is 2.29. The molecule has 12 heteroatoms. The summed E-state index contributed by atoms with van der Waals surface area (Å²) in [5.74, 6) is -0.609. The van der Waals surface area contributed by atoms with Crippen LogP contribution in [-0.4, -0.2) is 54.5 Å². The number of hydrogen-bond acceptors (Lipinski definition) is 8. The maximum atomic E-state index is 13.1. The van der Waals surface area contributed by atoms with E-state index in [1.165, 1.54) is 12.4 Å². The van der Waals surface area contributed by atoms with Crippen LogP contribution < -0.4 is 11.1 Å². The first kappa shape index (κ1) is 20.9. The van der Waals surface area contributed by atoms with E-state index < -0.39 is 5.91 Å². The molecule has 4 heterocycles. The van der Waals surface area contributed by atoms with Gasteiger partial charge in [-0.05, 0) is 37.1 Å². The molecule has 1 aromatic carbocycles. The summed E-state index contributed by atoms with van der Waals surface area (Å²) in [6.07, 6.45) is 4.14. The van der Waals surface area contributed by atoms with E-state index in [4.69, 9.17) is 21.8 Å². The number of nitrogen functional groups attached to an aromatic ring is 1. The van der Waals surface area contributed by atoms with Crippen LogP contribution in [0.25, 0.3) is 22.1 Å². The Kier molecular flexibility index (Phi) is 5.17. The molecule has 168 valence electrons. The van der Waals surface area contributed by atoms with Crippen LogP contribution in [0.5, 0.6) is 0 Å². The molecule has 3 aromatic heterocycles. The van der Waals surface area contributed by atoms with Crippen LogP contribution in [0, 0.1) is 0 Å². The second-order valence-corrected chi connectivity index (χ2v) is 8.06. The van der Waals surface area contributed by atoms with Crippen molar-refractivity contribution in [1.82, 2.24) is 29.6 Å². The SMILES string of the molecule is C=CC(=O)N1CCC[C@@H](n2nc(C(=O)Nc3nc4cc(Cl)ccc4o3)c3c(N)ncnc32)C1. The third-order valence-electron chi connectivity index (χ3n) is 5.53. The van der Waals surface area contributed by atoms with Gasteiger partial charge in [-0.1, -0.05) is 18.2 Å². The normalized spacial score (nSPS) is 16.3. The van der Waals surface area contributed by atoms with Crippen molar-refractivity contribution in [2.45, 2.75) is 18.9 Å². The van der Waals surface area contributed by atoms with E-state index >= 15 is 0 Å². The summed E-state index contributed by atoms with van der Waals surface area (Å²) in [4.78, 5) is 39.5. The predicted octanol–water partition coefficient (Wildman–Crippen LogP) is 2.80. The van der Waals surface area contributed by atoms with Gasteiger partial charge in [0.2, 0.25) is 5.91 Å². The van der Waals surface area contributed by atoms with Gasteiger partial charge in [-0.3, -0.25) is 14.9 Å². The van der Waals surface area contributed by atoms with Crippen LogP contribution in [0.3, 0.4) is 0 Å². The monoisotopic (exact) mass is 466 g/mol. The molecule has 1 aliphatic rings. The largest absolute Gasteiger partial charge is 0.423 e. The fraction of sp³-hybridized carbons (Fsp3) is 0.238. The quantitative estimate of drug-likeness (QED) is 0.436. The van der Waals surface area contributed by atoms with E-state index in [2.05, 4.69) is 31.9 Å². The van der Waals surface area contributed by atoms with Crippen LogP contribution in [0.2, 0.25) is 5.02 Å². The summed E-state index contributed by atoms with van der Waals surface area (Å²) in [6, 6.07) is 4.77. The Labute approximate surface area is 192 Å². The molecule has 0 spiro atoms. The topological polar surface area (TPSA) is 145 Å². The zero-order valence-electron chi connectivity index (χ0n) is 17.4. The number of amides is 2. The molecule has 0 radical (unpaired) electrons. The maximum absolute atomic E-state index is 13.1. The fourth-order valence-corrected chi connectivity index (χ4v) is 4.17. The number of anilines is 2. The van der Waals surface area contributed by atoms with Gasteiger partial charge < -0.3 is 15.1 Å². The highest BCUT2D eigenvalue weighted by Crippen LogP contribution is 2.29. The maximum Gasteiger partial charge on any atom is 0.302 e. The van der Waals surface area contributed by atoms with Crippen molar-refractivity contribution >= 4 is 57.4 Å². The van der Waals surface area contributed by atoms with Crippen LogP contribution in [0.15, 0.2) is 41.6 Å². The third-order valence-corrected chi connectivity index (χ3v) is 5.77. The van der Waals surface area contributed by atoms with Crippen molar-refractivity contribution in [3.8, 4) is 0 Å². The number of nitrogens with one attached hydrogen (secondary N) is 1. The van der Waals surface area contributed by atoms with E-state index in [1.54, 1.807) is 27.8 Å². The molecule has 2 amide bonds. The van der Waals surface area contributed by atoms with Crippen LogP contribution in [-0.2, 0) is 4.79 Å². The highest BCUT2D eigenvalue weighted by atomic mass is 35.5. The summed E-state index contributed by atoms with van der Waals surface area (Å²) in [6.45, 7) is 4.60. The number of rotatable bonds is 4. The van der Waals surface area contributed by atoms with Crippen LogP contribution in [0.4, 0.5) is 11.8 Å². The van der Waals surface area contributed by atoms with E-state index in [0.717, 1.165) is 12.8 Å². The highest BCUT2D eigenvalue weighted by molar-refractivity contribution is 6.31. The predicted molar refractivity (Wildman–Crippen MR) is 122 cm³/mol. The Morgan fingerprint density at radius 3 is 3.00 bits per heavy atom. The van der Waals surface area contributed by atoms with Crippen molar-refractivity contribution in [3.05, 3.63) is 47.9 Å². The smallest absolute Gasteiger partial charge is 0.302 e. The first-order valence-electron chi connectivity index (χ1n) is 10.2. The second-order valence-electron chi connectivity index (χ2n) is 7.62. The number of fused-ring (bicyclic) bond motifs is 2. The Morgan fingerprint density at radius 1 is 1.33 bits per heavy atom. The average molecular weight is 467 g/mol. The summed E-state index contributed by atoms with van der Waals surface area (Å²) in [7, 11) is 0. The molecule has 0 bridgehead atoms. The molecule has 3 N–H and O–H groups in total. The number of piperidine rings is 1. The van der Waals surface area contributed by atoms with Crippen molar-refractivity contribution in [2.75, 3.05) is 24.1 Å². The van der Waals surface area contributed by atoms with Gasteiger partial charge in [-0.25, -0.2) is 14.6 Å². The molecule has 1 aliphatic heterocycles. The van der Waals surface area contributed by atoms with Crippen LogP contribution in [0.1, 0.15) is 29.4 Å². The van der Waals surface area contributed by atoms with E-state index in [9.17, 15) is 9.59 Å². The minimum absolute atomic E-state index is 0.00388. The number of carbonyl (C=O) groups excluding carboxylic acids is 2. The molecule has 1 atom stereocenters. The molecule has 4 aromatic rings. The number of nitrogens with zero attached hydrogens (tertiary/aromatic N) is 6. The Bertz CT molecular complexity index is 1410. The average Bonchev–Trinajstić information content (AvgIpc) is 3.40. The lowest BCUT2D eigenvalue weighted by atomic mass is 10.1. The molecular weight excluding hydrogens is 448 g/mol. The number of carbonyl (C=O) groups is 2. The van der Waals surface area contributed by atoms with E-state index in [0.29, 0.717) is 40.2 Å². The lowest BCUT2D eigenvalue weighted by molar-refractivity contribution is -0.127. The number of likely N-dealkylation sites (tertiary alicyclic amines) is 1. The summed E-state index contributed by atoms with van der Waals surface area (Å²) < 4.78 is 7.22. The number of benzene rings is 1. The molecule has 1 fully saturated rings. The van der Waals surface area contributed by atoms with Crippen LogP contribution >= 0.6 is 11.6 Å². The lowest BCUT2D eigenvalue weighted by Gasteiger charge is -2.32. The van der Waals surface area contributed by atoms with Gasteiger partial charge in [0.15, 0.2) is 16.9 Å². The standard InChI is InChI=1S/C21H19ClN8O3/c1-2-15(31)29-7-3-4-12(9-29)30-19-16(18(23)24-10-25-19)17(28-30)20(32)27-21-26-13-8-11(22)5-6-14(13)33-21/h2,5-6,8,10,12H,1,3-4,7,9H2,(H2,23,24,25)(H,26,27,32)/t12-/m1/s1. The lowest BCUT2D eigenvalue weighted by Crippen LogP contribution is -2.40. The first-order valence-corrected chi connectivity index (χ1v) is 10.6. The summed E-state index contributed by atoms with van der Waals surface area (Å²) in [5, 5.41) is 7.96. The molecule has 11 nitrogen and oxygen atoms in total. The van der Waals surface area contributed by atoms with Crippen molar-refractivity contribution < 1.29 is 14.0 Å². The third kappa shape index (κ3) is 3.76. The molecule has 0 aliphatic carbocycles. The Hall–Kier alpha value is -3.99. The van der Waals surface area contributed by atoms with Crippen molar-refractivity contribution in [1.29, 1.82) is 0 Å². The molecule has 0 saturated carbocycles. The van der Waals surface area contributed by atoms with Gasteiger partial charge in [0.25, 0.3) is 5.91 Å². The van der Waals surface area contributed by atoms with Gasteiger partial charge in [-0.2, -0.15) is 10.1 Å². The van der Waals surface area contributed by atoms with Gasteiger partial charge in [0.1, 0.15) is 17.7 Å². The molecular formula is C21H19ClN8O3. The van der Waals surface area contributed by atoms with Gasteiger partial charge >= 0.3 is 6.01 Å². The van der Waals surface area contributed by atoms with Crippen molar-refractivity contribution in [3.63, 3.8) is 0 Å². The minimum atomic E-state index is -0.576. The molecule has 5 rings (SSSR count). The van der Waals surface area contributed by atoms with E-state index in [-0.39, 0.29) is 29.5 Å². The number of aromatic nitrogens is 5. The Morgan fingerprint density at radius 2 is 2.18 bits per heavy atom. The molecule has 1 saturated heterocycles. The number of nitrogens with two attached hydrogens (primary N) is 1. The minimum Gasteiger partial charge on any atom is -0.423 e. The van der Waals surface area contributed by atoms with Gasteiger partial charge in [0.05, 0.1) is 11.4 Å². The zero-order valence-corrected chi connectivity index (χ0v) is 18.1. The second kappa shape index (κ2) is 8.17. The first-order chi connectivity index (χ1) is 15.9. The summed E-state index contributed by atoms with van der Waals surface area (Å²) >= 11 is 5.99.